The van der Waals surface area contributed by atoms with E-state index in [1.54, 1.807) is 18.6 Å². The van der Waals surface area contributed by atoms with E-state index in [2.05, 4.69) is 25.2 Å². The van der Waals surface area contributed by atoms with Crippen LogP contribution in [0.3, 0.4) is 0 Å². The monoisotopic (exact) mass is 503 g/mol. The van der Waals surface area contributed by atoms with Crippen LogP contribution in [0.1, 0.15) is 43.4 Å². The molecule has 1 unspecified atom stereocenters. The van der Waals surface area contributed by atoms with E-state index in [0.29, 0.717) is 32.0 Å². The fraction of sp³-hybridized carbons (Fsp3) is 0.407. The summed E-state index contributed by atoms with van der Waals surface area (Å²) in [6.07, 6.45) is 6.25. The van der Waals surface area contributed by atoms with Gasteiger partial charge in [-0.15, -0.1) is 0 Å². The van der Waals surface area contributed by atoms with E-state index in [1.807, 2.05) is 30.3 Å². The second-order valence-electron chi connectivity index (χ2n) is 8.96. The molecule has 6 nitrogen and oxygen atoms in total. The van der Waals surface area contributed by atoms with Crippen molar-refractivity contribution in [2.75, 3.05) is 19.8 Å². The summed E-state index contributed by atoms with van der Waals surface area (Å²) in [6.45, 7) is 6.28. The largest absolute Gasteiger partial charge is 0.493 e. The molecule has 3 aromatic rings. The van der Waals surface area contributed by atoms with Crippen LogP contribution in [0.5, 0.6) is 5.75 Å². The molecule has 0 fully saturated rings. The molecule has 2 N–H and O–H groups in total. The summed E-state index contributed by atoms with van der Waals surface area (Å²) in [5.41, 5.74) is 4.72. The van der Waals surface area contributed by atoms with Crippen molar-refractivity contribution in [3.8, 4) is 16.9 Å². The first-order valence-corrected chi connectivity index (χ1v) is 13.3. The highest BCUT2D eigenvalue weighted by atomic mass is 31.1. The van der Waals surface area contributed by atoms with Crippen LogP contribution in [0.15, 0.2) is 59.4 Å². The van der Waals surface area contributed by atoms with Gasteiger partial charge in [-0.1, -0.05) is 32.0 Å². The zero-order valence-electron chi connectivity index (χ0n) is 20.4. The summed E-state index contributed by atoms with van der Waals surface area (Å²) in [4.78, 5) is 8.69. The number of ether oxygens (including phenoxy) is 1. The zero-order valence-corrected chi connectivity index (χ0v) is 21.4. The fourth-order valence-electron chi connectivity index (χ4n) is 3.86. The van der Waals surface area contributed by atoms with Gasteiger partial charge < -0.3 is 23.9 Å². The van der Waals surface area contributed by atoms with Crippen LogP contribution in [-0.4, -0.2) is 24.7 Å². The van der Waals surface area contributed by atoms with Crippen molar-refractivity contribution in [3.05, 3.63) is 77.5 Å². The number of rotatable bonds is 15. The highest BCUT2D eigenvalue weighted by Crippen LogP contribution is 2.32. The lowest BCUT2D eigenvalue weighted by Gasteiger charge is -2.13. The molecule has 8 heteroatoms. The molecule has 0 amide bonds. The van der Waals surface area contributed by atoms with E-state index in [4.69, 9.17) is 18.6 Å². The number of aryl methyl sites for hydroxylation is 1. The minimum atomic E-state index is -2.86. The smallest absolute Gasteiger partial charge is 0.316 e. The fourth-order valence-corrected chi connectivity index (χ4v) is 4.17. The quantitative estimate of drug-likeness (QED) is 0.191. The summed E-state index contributed by atoms with van der Waals surface area (Å²) >= 11 is 0. The third-order valence-corrected chi connectivity index (χ3v) is 5.99. The van der Waals surface area contributed by atoms with Gasteiger partial charge in [0.15, 0.2) is 0 Å². The third kappa shape index (κ3) is 9.26. The van der Waals surface area contributed by atoms with Gasteiger partial charge in [0.2, 0.25) is 0 Å². The van der Waals surface area contributed by atoms with E-state index >= 15 is 0 Å². The molecule has 2 aromatic carbocycles. The molecule has 0 saturated carbocycles. The highest BCUT2D eigenvalue weighted by molar-refractivity contribution is 7.32. The minimum Gasteiger partial charge on any atom is -0.493 e. The Balaban J connectivity index is 1.53. The Hall–Kier alpha value is -2.44. The van der Waals surface area contributed by atoms with Crippen molar-refractivity contribution >= 4 is 8.25 Å². The van der Waals surface area contributed by atoms with Gasteiger partial charge in [-0.2, -0.15) is 0 Å². The summed E-state index contributed by atoms with van der Waals surface area (Å²) < 4.78 is 41.0. The van der Waals surface area contributed by atoms with Crippen LogP contribution < -0.4 is 10.1 Å². The van der Waals surface area contributed by atoms with Crippen molar-refractivity contribution in [1.29, 1.82) is 0 Å². The van der Waals surface area contributed by atoms with E-state index in [9.17, 15) is 8.96 Å². The minimum absolute atomic E-state index is 0.125. The van der Waals surface area contributed by atoms with Crippen molar-refractivity contribution in [3.63, 3.8) is 0 Å². The van der Waals surface area contributed by atoms with Crippen LogP contribution in [0.25, 0.3) is 11.1 Å². The summed E-state index contributed by atoms with van der Waals surface area (Å²) in [7, 11) is -2.86. The average molecular weight is 504 g/mol. The molecule has 0 spiro atoms. The van der Waals surface area contributed by atoms with Crippen LogP contribution >= 0.6 is 8.25 Å². The van der Waals surface area contributed by atoms with Crippen LogP contribution in [0, 0.1) is 11.7 Å². The molecule has 1 atom stereocenters. The first-order chi connectivity index (χ1) is 16.9. The van der Waals surface area contributed by atoms with Gasteiger partial charge in [-0.3, -0.25) is 4.57 Å². The summed E-state index contributed by atoms with van der Waals surface area (Å²) in [6, 6.07) is 13.5. The van der Waals surface area contributed by atoms with Gasteiger partial charge in [0, 0.05) is 17.7 Å². The van der Waals surface area contributed by atoms with Gasteiger partial charge >= 0.3 is 8.25 Å². The van der Waals surface area contributed by atoms with Crippen LogP contribution in [0.2, 0.25) is 0 Å². The maximum Gasteiger partial charge on any atom is 0.316 e. The lowest BCUT2D eigenvalue weighted by atomic mass is 10.00. The summed E-state index contributed by atoms with van der Waals surface area (Å²) in [5, 5.41) is 3.31. The topological polar surface area (TPSA) is 80.9 Å². The normalized spacial score (nSPS) is 12.3. The highest BCUT2D eigenvalue weighted by Gasteiger charge is 2.10. The van der Waals surface area contributed by atoms with Gasteiger partial charge in [0.05, 0.1) is 25.7 Å². The molecule has 0 radical (unpaired) electrons. The molecule has 0 aliphatic carbocycles. The molecular formula is C27H35FNO5P. The van der Waals surface area contributed by atoms with Crippen LogP contribution in [-0.2, 0) is 28.5 Å². The van der Waals surface area contributed by atoms with Gasteiger partial charge in [-0.05, 0) is 79.1 Å². The molecule has 3 rings (SSSR count). The Morgan fingerprint density at radius 2 is 1.91 bits per heavy atom. The number of benzene rings is 2. The van der Waals surface area contributed by atoms with E-state index < -0.39 is 8.25 Å². The number of halogens is 1. The SMILES string of the molecule is CC(C)Cc1ccc(CCCOc2ccc(CNCCCO[PH](=O)O)cc2-c2ccoc2)cc1F. The second-order valence-corrected chi connectivity index (χ2v) is 9.78. The van der Waals surface area contributed by atoms with Crippen molar-refractivity contribution in [2.45, 2.75) is 46.1 Å². The Labute approximate surface area is 207 Å². The number of hydrogen-bond acceptors (Lipinski definition) is 5. The first kappa shape index (κ1) is 27.2. The van der Waals surface area contributed by atoms with E-state index in [1.165, 1.54) is 0 Å². The average Bonchev–Trinajstić information content (AvgIpc) is 3.35. The number of nitrogens with one attached hydrogen (secondary N) is 1. The van der Waals surface area contributed by atoms with E-state index in [-0.39, 0.29) is 12.4 Å². The first-order valence-electron chi connectivity index (χ1n) is 12.0. The number of furan rings is 1. The molecule has 35 heavy (non-hydrogen) atoms. The second kappa shape index (κ2) is 14.2. The number of hydrogen-bond donors (Lipinski definition) is 2. The van der Waals surface area contributed by atoms with Crippen molar-refractivity contribution < 1.29 is 27.5 Å². The molecule has 0 aliphatic heterocycles. The maximum atomic E-state index is 14.3. The maximum absolute atomic E-state index is 14.3. The Bertz CT molecular complexity index is 1070. The molecule has 1 aromatic heterocycles. The predicted octanol–water partition coefficient (Wildman–Crippen LogP) is 6.17. The van der Waals surface area contributed by atoms with Gasteiger partial charge in [0.1, 0.15) is 11.6 Å². The molecule has 0 saturated heterocycles. The summed E-state index contributed by atoms with van der Waals surface area (Å²) in [5.74, 6) is 1.08. The molecule has 0 aliphatic rings. The Morgan fingerprint density at radius 3 is 2.63 bits per heavy atom. The molecule has 190 valence electrons. The third-order valence-electron chi connectivity index (χ3n) is 5.54. The van der Waals surface area contributed by atoms with Crippen molar-refractivity contribution in [2.24, 2.45) is 5.92 Å². The van der Waals surface area contributed by atoms with Crippen LogP contribution in [0.4, 0.5) is 4.39 Å². The van der Waals surface area contributed by atoms with Gasteiger partial charge in [-0.25, -0.2) is 4.39 Å². The molecule has 1 heterocycles. The standard InChI is InChI=1S/C27H35FNO5P/c1-20(2)15-23-8-6-21(17-26(23)28)5-3-12-33-27-9-7-22(16-25(27)24-10-14-32-19-24)18-29-11-4-13-34-35(30)31/h6-10,14,16-17,19-20,29,35H,3-5,11-13,15,18H2,1-2H3,(H,30,31). The van der Waals surface area contributed by atoms with E-state index in [0.717, 1.165) is 52.8 Å². The molecular weight excluding hydrogens is 468 g/mol. The Morgan fingerprint density at radius 1 is 1.09 bits per heavy atom. The molecule has 0 bridgehead atoms. The predicted molar refractivity (Wildman–Crippen MR) is 136 cm³/mol. The van der Waals surface area contributed by atoms with Gasteiger partial charge in [0.25, 0.3) is 0 Å². The Kier molecular flexibility index (Phi) is 11.0. The lowest BCUT2D eigenvalue weighted by molar-refractivity contribution is 0.276. The van der Waals surface area contributed by atoms with Crippen molar-refractivity contribution in [1.82, 2.24) is 5.32 Å². The lowest BCUT2D eigenvalue weighted by Crippen LogP contribution is -2.16. The zero-order chi connectivity index (χ0) is 25.0.